The minimum atomic E-state index is 0.197. The third-order valence-corrected chi connectivity index (χ3v) is 2.75. The van der Waals surface area contributed by atoms with Gasteiger partial charge >= 0.3 is 0 Å². The molecular formula is C12H23N3O2. The van der Waals surface area contributed by atoms with Gasteiger partial charge in [0, 0.05) is 39.3 Å². The highest BCUT2D eigenvalue weighted by molar-refractivity contribution is 4.87. The number of hydrogen-bond acceptors (Lipinski definition) is 5. The minimum Gasteiger partial charge on any atom is -0.512 e. The summed E-state index contributed by atoms with van der Waals surface area (Å²) in [4.78, 5) is 4.29. The first-order valence-corrected chi connectivity index (χ1v) is 5.97. The first-order valence-electron chi connectivity index (χ1n) is 5.97. The highest BCUT2D eigenvalue weighted by Gasteiger charge is 2.12. The number of nitrogens with zero attached hydrogens (tertiary/aromatic N) is 2. The number of nitrogens with one attached hydrogen (secondary N) is 1. The quantitative estimate of drug-likeness (QED) is 0.620. The summed E-state index contributed by atoms with van der Waals surface area (Å²) in [6.07, 6.45) is 0. The lowest BCUT2D eigenvalue weighted by molar-refractivity contribution is 0.205. The van der Waals surface area contributed by atoms with Crippen molar-refractivity contribution in [1.29, 1.82) is 0 Å². The van der Waals surface area contributed by atoms with Crippen LogP contribution in [-0.4, -0.2) is 72.4 Å². The number of aliphatic hydroxyl groups excluding tert-OH is 2. The van der Waals surface area contributed by atoms with Crippen molar-refractivity contribution in [2.24, 2.45) is 0 Å². The second kappa shape index (κ2) is 7.32. The van der Waals surface area contributed by atoms with Gasteiger partial charge < -0.3 is 15.5 Å². The topological polar surface area (TPSA) is 59.0 Å². The molecule has 0 aromatic carbocycles. The Labute approximate surface area is 103 Å². The van der Waals surface area contributed by atoms with Crippen molar-refractivity contribution >= 4 is 0 Å². The van der Waals surface area contributed by atoms with E-state index in [4.69, 9.17) is 0 Å². The Morgan fingerprint density at radius 1 is 0.882 bits per heavy atom. The average molecular weight is 241 g/mol. The molecular weight excluding hydrogens is 218 g/mol. The Hall–Kier alpha value is -1.04. The van der Waals surface area contributed by atoms with Crippen molar-refractivity contribution in [3.63, 3.8) is 0 Å². The lowest BCUT2D eigenvalue weighted by Crippen LogP contribution is -2.37. The van der Waals surface area contributed by atoms with Crippen molar-refractivity contribution in [1.82, 2.24) is 15.1 Å². The van der Waals surface area contributed by atoms with E-state index in [1.54, 1.807) is 0 Å². The van der Waals surface area contributed by atoms with E-state index < -0.39 is 0 Å². The summed E-state index contributed by atoms with van der Waals surface area (Å²) in [5.74, 6) is 0.393. The lowest BCUT2D eigenvalue weighted by Gasteiger charge is -2.24. The molecule has 0 unspecified atom stereocenters. The summed E-state index contributed by atoms with van der Waals surface area (Å²) in [5.41, 5.74) is 0. The molecule has 0 aromatic rings. The van der Waals surface area contributed by atoms with E-state index in [0.29, 0.717) is 13.1 Å². The molecule has 5 nitrogen and oxygen atoms in total. The monoisotopic (exact) mass is 241 g/mol. The van der Waals surface area contributed by atoms with Gasteiger partial charge in [-0.15, -0.1) is 0 Å². The van der Waals surface area contributed by atoms with Gasteiger partial charge in [-0.2, -0.15) is 0 Å². The zero-order chi connectivity index (χ0) is 12.7. The van der Waals surface area contributed by atoms with Crippen LogP contribution in [0.15, 0.2) is 24.7 Å². The highest BCUT2D eigenvalue weighted by Crippen LogP contribution is 1.99. The van der Waals surface area contributed by atoms with E-state index in [9.17, 15) is 10.2 Å². The van der Waals surface area contributed by atoms with E-state index in [0.717, 1.165) is 39.3 Å². The van der Waals surface area contributed by atoms with Crippen LogP contribution in [0.5, 0.6) is 0 Å². The zero-order valence-corrected chi connectivity index (χ0v) is 10.4. The molecule has 1 rings (SSSR count). The highest BCUT2D eigenvalue weighted by atomic mass is 16.3. The summed E-state index contributed by atoms with van der Waals surface area (Å²) < 4.78 is 0. The molecule has 1 aliphatic heterocycles. The normalized spacial score (nSPS) is 20.2. The number of rotatable bonds is 4. The molecule has 1 heterocycles. The zero-order valence-electron chi connectivity index (χ0n) is 10.4. The van der Waals surface area contributed by atoms with Gasteiger partial charge in [0.15, 0.2) is 0 Å². The Morgan fingerprint density at radius 2 is 1.29 bits per heavy atom. The van der Waals surface area contributed by atoms with E-state index in [1.165, 1.54) is 0 Å². The molecule has 0 radical (unpaired) electrons. The molecule has 0 amide bonds. The van der Waals surface area contributed by atoms with Crippen LogP contribution < -0.4 is 5.32 Å². The molecule has 0 aromatic heterocycles. The molecule has 5 heteroatoms. The number of hydrogen-bond donors (Lipinski definition) is 3. The second-order valence-corrected chi connectivity index (χ2v) is 4.43. The lowest BCUT2D eigenvalue weighted by atomic mass is 10.3. The molecule has 1 saturated heterocycles. The van der Waals surface area contributed by atoms with E-state index in [1.807, 2.05) is 0 Å². The maximum Gasteiger partial charge on any atom is 0.0991 e. The first kappa shape index (κ1) is 14.0. The summed E-state index contributed by atoms with van der Waals surface area (Å²) >= 11 is 0. The molecule has 0 spiro atoms. The Bertz CT molecular complexity index is 242. The third-order valence-electron chi connectivity index (χ3n) is 2.75. The molecule has 0 bridgehead atoms. The van der Waals surface area contributed by atoms with Crippen LogP contribution in [0, 0.1) is 0 Å². The molecule has 0 atom stereocenters. The van der Waals surface area contributed by atoms with Crippen molar-refractivity contribution in [2.45, 2.75) is 0 Å². The largest absolute Gasteiger partial charge is 0.512 e. The molecule has 0 saturated carbocycles. The summed E-state index contributed by atoms with van der Waals surface area (Å²) in [5, 5.41) is 21.8. The van der Waals surface area contributed by atoms with E-state index >= 15 is 0 Å². The van der Waals surface area contributed by atoms with E-state index in [2.05, 4.69) is 28.3 Å². The predicted octanol–water partition coefficient (Wildman–Crippen LogP) is 0.337. The van der Waals surface area contributed by atoms with Crippen molar-refractivity contribution < 1.29 is 10.2 Å². The minimum absolute atomic E-state index is 0.197. The average Bonchev–Trinajstić information content (AvgIpc) is 2.31. The van der Waals surface area contributed by atoms with Crippen molar-refractivity contribution in [2.75, 3.05) is 52.4 Å². The standard InChI is InChI=1S/C12H23N3O2/c1-11(16)9-14-5-3-13-4-6-15(8-7-14)10-12(2)17/h13,16-17H,1-10H2. The fraction of sp³-hybridized carbons (Fsp3) is 0.667. The van der Waals surface area contributed by atoms with Crippen LogP contribution in [0.4, 0.5) is 0 Å². The maximum absolute atomic E-state index is 9.22. The molecule has 98 valence electrons. The van der Waals surface area contributed by atoms with Crippen molar-refractivity contribution in [3.8, 4) is 0 Å². The third kappa shape index (κ3) is 6.31. The molecule has 0 aliphatic carbocycles. The van der Waals surface area contributed by atoms with Crippen LogP contribution >= 0.6 is 0 Å². The van der Waals surface area contributed by atoms with Gasteiger partial charge in [-0.3, -0.25) is 9.80 Å². The van der Waals surface area contributed by atoms with Crippen LogP contribution in [0.2, 0.25) is 0 Å². The Kier molecular flexibility index (Phi) is 6.04. The van der Waals surface area contributed by atoms with Gasteiger partial charge in [-0.1, -0.05) is 13.2 Å². The SMILES string of the molecule is C=C(O)CN1CCNCCN(CC(=C)O)CC1. The summed E-state index contributed by atoms with van der Waals surface area (Å²) in [7, 11) is 0. The molecule has 3 N–H and O–H groups in total. The fourth-order valence-corrected chi connectivity index (χ4v) is 1.94. The van der Waals surface area contributed by atoms with Crippen LogP contribution in [-0.2, 0) is 0 Å². The predicted molar refractivity (Wildman–Crippen MR) is 69.3 cm³/mol. The van der Waals surface area contributed by atoms with Gasteiger partial charge in [-0.05, 0) is 0 Å². The van der Waals surface area contributed by atoms with Gasteiger partial charge in [-0.25, -0.2) is 0 Å². The van der Waals surface area contributed by atoms with Crippen LogP contribution in [0.1, 0.15) is 0 Å². The summed E-state index contributed by atoms with van der Waals surface area (Å²) in [6, 6.07) is 0. The fourth-order valence-electron chi connectivity index (χ4n) is 1.94. The molecule has 1 aliphatic rings. The van der Waals surface area contributed by atoms with Crippen LogP contribution in [0.3, 0.4) is 0 Å². The van der Waals surface area contributed by atoms with Gasteiger partial charge in [0.05, 0.1) is 24.6 Å². The van der Waals surface area contributed by atoms with Crippen molar-refractivity contribution in [3.05, 3.63) is 24.7 Å². The van der Waals surface area contributed by atoms with Gasteiger partial charge in [0.25, 0.3) is 0 Å². The first-order chi connectivity index (χ1) is 8.08. The van der Waals surface area contributed by atoms with Gasteiger partial charge in [0.1, 0.15) is 0 Å². The second-order valence-electron chi connectivity index (χ2n) is 4.43. The Balaban J connectivity index is 2.45. The van der Waals surface area contributed by atoms with E-state index in [-0.39, 0.29) is 11.5 Å². The number of aliphatic hydroxyl groups is 2. The summed E-state index contributed by atoms with van der Waals surface area (Å²) in [6.45, 7) is 13.4. The van der Waals surface area contributed by atoms with Gasteiger partial charge in [0.2, 0.25) is 0 Å². The van der Waals surface area contributed by atoms with Crippen LogP contribution in [0.25, 0.3) is 0 Å². The molecule has 1 fully saturated rings. The maximum atomic E-state index is 9.22. The smallest absolute Gasteiger partial charge is 0.0991 e. The Morgan fingerprint density at radius 3 is 1.65 bits per heavy atom. The molecule has 17 heavy (non-hydrogen) atoms.